The first-order valence-corrected chi connectivity index (χ1v) is 5.11. The summed E-state index contributed by atoms with van der Waals surface area (Å²) in [6.45, 7) is 0. The SMILES string of the molecule is COc1ccc(Br)cc1-c1c[nH]c(=O)[nH]1. The molecule has 4 nitrogen and oxygen atoms in total. The van der Waals surface area contributed by atoms with Crippen molar-refractivity contribution in [3.05, 3.63) is 39.4 Å². The molecule has 0 aliphatic heterocycles. The third-order valence-corrected chi connectivity index (χ3v) is 2.54. The van der Waals surface area contributed by atoms with E-state index in [1.165, 1.54) is 0 Å². The molecule has 0 atom stereocenters. The molecular formula is C10H9BrN2O2. The molecule has 1 heterocycles. The lowest BCUT2D eigenvalue weighted by Gasteiger charge is -2.06. The van der Waals surface area contributed by atoms with Crippen molar-refractivity contribution in [1.82, 2.24) is 9.97 Å². The van der Waals surface area contributed by atoms with Gasteiger partial charge in [-0.05, 0) is 18.2 Å². The number of halogens is 1. The van der Waals surface area contributed by atoms with Gasteiger partial charge >= 0.3 is 5.69 Å². The molecule has 78 valence electrons. The summed E-state index contributed by atoms with van der Waals surface area (Å²) in [6, 6.07) is 5.61. The molecule has 0 unspecified atom stereocenters. The monoisotopic (exact) mass is 268 g/mol. The smallest absolute Gasteiger partial charge is 0.323 e. The van der Waals surface area contributed by atoms with Gasteiger partial charge in [0, 0.05) is 16.2 Å². The number of methoxy groups -OCH3 is 1. The Morgan fingerprint density at radius 2 is 2.20 bits per heavy atom. The van der Waals surface area contributed by atoms with E-state index in [0.717, 1.165) is 10.0 Å². The van der Waals surface area contributed by atoms with Crippen molar-refractivity contribution in [1.29, 1.82) is 0 Å². The molecule has 15 heavy (non-hydrogen) atoms. The minimum Gasteiger partial charge on any atom is -0.496 e. The molecule has 0 saturated carbocycles. The van der Waals surface area contributed by atoms with E-state index in [2.05, 4.69) is 25.9 Å². The Morgan fingerprint density at radius 1 is 1.40 bits per heavy atom. The molecule has 0 aliphatic carbocycles. The summed E-state index contributed by atoms with van der Waals surface area (Å²) in [5.41, 5.74) is 1.32. The standard InChI is InChI=1S/C10H9BrN2O2/c1-15-9-3-2-6(11)4-7(9)8-5-12-10(14)13-8/h2-5H,1H3,(H2,12,13,14). The maximum absolute atomic E-state index is 11.0. The molecule has 2 aromatic rings. The minimum absolute atomic E-state index is 0.230. The molecule has 0 aliphatic rings. The van der Waals surface area contributed by atoms with Crippen LogP contribution in [0.1, 0.15) is 0 Å². The van der Waals surface area contributed by atoms with Crippen LogP contribution in [-0.2, 0) is 0 Å². The average Bonchev–Trinajstić information content (AvgIpc) is 2.65. The van der Waals surface area contributed by atoms with Crippen LogP contribution in [0.2, 0.25) is 0 Å². The van der Waals surface area contributed by atoms with Crippen molar-refractivity contribution in [3.8, 4) is 17.0 Å². The van der Waals surface area contributed by atoms with E-state index in [1.807, 2.05) is 18.2 Å². The molecule has 2 rings (SSSR count). The fourth-order valence-corrected chi connectivity index (χ4v) is 1.73. The number of ether oxygens (including phenoxy) is 1. The maximum atomic E-state index is 11.0. The third-order valence-electron chi connectivity index (χ3n) is 2.05. The fraction of sp³-hybridized carbons (Fsp3) is 0.100. The lowest BCUT2D eigenvalue weighted by Crippen LogP contribution is -2.00. The first-order chi connectivity index (χ1) is 7.20. The summed E-state index contributed by atoms with van der Waals surface area (Å²) in [5.74, 6) is 0.716. The predicted molar refractivity (Wildman–Crippen MR) is 61.1 cm³/mol. The summed E-state index contributed by atoms with van der Waals surface area (Å²) in [7, 11) is 1.59. The Bertz CT molecular complexity index is 530. The van der Waals surface area contributed by atoms with Gasteiger partial charge in [0.15, 0.2) is 0 Å². The van der Waals surface area contributed by atoms with E-state index in [-0.39, 0.29) is 5.69 Å². The van der Waals surface area contributed by atoms with Gasteiger partial charge in [0.1, 0.15) is 5.75 Å². The minimum atomic E-state index is -0.230. The number of H-pyrrole nitrogens is 2. The molecule has 1 aromatic heterocycles. The summed E-state index contributed by atoms with van der Waals surface area (Å²) < 4.78 is 6.14. The van der Waals surface area contributed by atoms with E-state index in [1.54, 1.807) is 13.3 Å². The second kappa shape index (κ2) is 3.94. The highest BCUT2D eigenvalue weighted by atomic mass is 79.9. The Balaban J connectivity index is 2.59. The van der Waals surface area contributed by atoms with Crippen molar-refractivity contribution in [2.75, 3.05) is 7.11 Å². The van der Waals surface area contributed by atoms with E-state index in [9.17, 15) is 4.79 Å². The molecule has 0 bridgehead atoms. The zero-order chi connectivity index (χ0) is 10.8. The molecule has 0 fully saturated rings. The average molecular weight is 269 g/mol. The highest BCUT2D eigenvalue weighted by Gasteiger charge is 2.07. The largest absolute Gasteiger partial charge is 0.496 e. The van der Waals surface area contributed by atoms with Crippen molar-refractivity contribution in [3.63, 3.8) is 0 Å². The van der Waals surface area contributed by atoms with E-state index in [0.29, 0.717) is 11.4 Å². The van der Waals surface area contributed by atoms with Crippen molar-refractivity contribution in [2.24, 2.45) is 0 Å². The van der Waals surface area contributed by atoms with Crippen LogP contribution >= 0.6 is 15.9 Å². The topological polar surface area (TPSA) is 57.9 Å². The Labute approximate surface area is 94.4 Å². The van der Waals surface area contributed by atoms with Crippen LogP contribution in [0.3, 0.4) is 0 Å². The molecule has 0 spiro atoms. The fourth-order valence-electron chi connectivity index (χ4n) is 1.37. The molecular weight excluding hydrogens is 260 g/mol. The Kier molecular flexibility index (Phi) is 2.64. The normalized spacial score (nSPS) is 10.3. The lowest BCUT2D eigenvalue weighted by molar-refractivity contribution is 0.416. The quantitative estimate of drug-likeness (QED) is 0.877. The van der Waals surface area contributed by atoms with E-state index in [4.69, 9.17) is 4.74 Å². The Hall–Kier alpha value is -1.49. The number of aromatic amines is 2. The van der Waals surface area contributed by atoms with E-state index < -0.39 is 0 Å². The van der Waals surface area contributed by atoms with Gasteiger partial charge in [-0.15, -0.1) is 0 Å². The van der Waals surface area contributed by atoms with Crippen LogP contribution in [0.15, 0.2) is 33.7 Å². The first kappa shape index (κ1) is 10.0. The highest BCUT2D eigenvalue weighted by Crippen LogP contribution is 2.30. The van der Waals surface area contributed by atoms with Gasteiger partial charge in [0.2, 0.25) is 0 Å². The van der Waals surface area contributed by atoms with Crippen molar-refractivity contribution >= 4 is 15.9 Å². The second-order valence-electron chi connectivity index (χ2n) is 3.00. The zero-order valence-electron chi connectivity index (χ0n) is 8.00. The molecule has 1 aromatic carbocycles. The second-order valence-corrected chi connectivity index (χ2v) is 3.92. The number of hydrogen-bond acceptors (Lipinski definition) is 2. The van der Waals surface area contributed by atoms with Crippen LogP contribution in [-0.4, -0.2) is 17.1 Å². The lowest BCUT2D eigenvalue weighted by atomic mass is 10.1. The molecule has 2 N–H and O–H groups in total. The van der Waals surface area contributed by atoms with E-state index >= 15 is 0 Å². The zero-order valence-corrected chi connectivity index (χ0v) is 9.59. The number of imidazole rings is 1. The van der Waals surface area contributed by atoms with Gasteiger partial charge in [-0.2, -0.15) is 0 Å². The number of hydrogen-bond donors (Lipinski definition) is 2. The van der Waals surface area contributed by atoms with Gasteiger partial charge in [-0.25, -0.2) is 4.79 Å². The number of benzene rings is 1. The summed E-state index contributed by atoms with van der Waals surface area (Å²) >= 11 is 3.37. The van der Waals surface area contributed by atoms with Gasteiger partial charge in [0.05, 0.1) is 12.8 Å². The predicted octanol–water partition coefficient (Wildman–Crippen LogP) is 2.14. The van der Waals surface area contributed by atoms with Gasteiger partial charge < -0.3 is 14.7 Å². The van der Waals surface area contributed by atoms with Gasteiger partial charge in [-0.3, -0.25) is 0 Å². The summed E-state index contributed by atoms with van der Waals surface area (Å²) in [6.07, 6.45) is 1.62. The third kappa shape index (κ3) is 1.97. The molecule has 0 amide bonds. The molecule has 0 radical (unpaired) electrons. The first-order valence-electron chi connectivity index (χ1n) is 4.32. The number of rotatable bonds is 2. The van der Waals surface area contributed by atoms with Crippen LogP contribution in [0, 0.1) is 0 Å². The van der Waals surface area contributed by atoms with Crippen molar-refractivity contribution < 1.29 is 4.74 Å². The highest BCUT2D eigenvalue weighted by molar-refractivity contribution is 9.10. The van der Waals surface area contributed by atoms with Gasteiger partial charge in [-0.1, -0.05) is 15.9 Å². The Morgan fingerprint density at radius 3 is 2.80 bits per heavy atom. The molecule has 5 heteroatoms. The van der Waals surface area contributed by atoms with Crippen LogP contribution in [0.5, 0.6) is 5.75 Å². The number of nitrogens with one attached hydrogen (secondary N) is 2. The molecule has 0 saturated heterocycles. The van der Waals surface area contributed by atoms with Crippen LogP contribution < -0.4 is 10.4 Å². The van der Waals surface area contributed by atoms with Crippen LogP contribution in [0.25, 0.3) is 11.3 Å². The summed E-state index contributed by atoms with van der Waals surface area (Å²) in [4.78, 5) is 16.2. The summed E-state index contributed by atoms with van der Waals surface area (Å²) in [5, 5.41) is 0. The van der Waals surface area contributed by atoms with Crippen molar-refractivity contribution in [2.45, 2.75) is 0 Å². The van der Waals surface area contributed by atoms with Gasteiger partial charge in [0.25, 0.3) is 0 Å². The van der Waals surface area contributed by atoms with Crippen LogP contribution in [0.4, 0.5) is 0 Å². The maximum Gasteiger partial charge on any atom is 0.323 e. The number of aromatic nitrogens is 2.